The number of carbonyl (C=O) groups is 1. The summed E-state index contributed by atoms with van der Waals surface area (Å²) in [5.74, 6) is -1.32. The average Bonchev–Trinajstić information content (AvgIpc) is 3.06. The van der Waals surface area contributed by atoms with Crippen LogP contribution in [0.3, 0.4) is 0 Å². The summed E-state index contributed by atoms with van der Waals surface area (Å²) < 4.78 is 51.9. The number of nitrogens with zero attached hydrogens (tertiary/aromatic N) is 5. The second kappa shape index (κ2) is 6.77. The van der Waals surface area contributed by atoms with E-state index in [9.17, 15) is 22.4 Å². The summed E-state index contributed by atoms with van der Waals surface area (Å²) in [7, 11) is 0. The van der Waals surface area contributed by atoms with Crippen molar-refractivity contribution < 1.29 is 22.4 Å². The van der Waals surface area contributed by atoms with Crippen LogP contribution in [-0.2, 0) is 0 Å². The van der Waals surface area contributed by atoms with Crippen molar-refractivity contribution >= 4 is 17.7 Å². The summed E-state index contributed by atoms with van der Waals surface area (Å²) in [6, 6.07) is 1.04. The Balaban J connectivity index is 2.31. The lowest BCUT2D eigenvalue weighted by Gasteiger charge is -2.11. The van der Waals surface area contributed by atoms with Crippen molar-refractivity contribution in [1.82, 2.24) is 24.7 Å². The fraction of sp³-hybridized carbons (Fsp3) is 0.400. The first-order valence-corrected chi connectivity index (χ1v) is 6.93. The number of halogens is 4. The first-order valence-electron chi connectivity index (χ1n) is 5.95. The van der Waals surface area contributed by atoms with E-state index in [1.807, 2.05) is 0 Å². The van der Waals surface area contributed by atoms with Gasteiger partial charge in [-0.1, -0.05) is 18.7 Å². The van der Waals surface area contributed by atoms with Crippen LogP contribution in [0, 0.1) is 0 Å². The molecular formula is C10H10F4N6OS. The minimum absolute atomic E-state index is 0.0225. The Kier molecular flexibility index (Phi) is 5.00. The summed E-state index contributed by atoms with van der Waals surface area (Å²) in [6.45, 7) is -1.28. The van der Waals surface area contributed by atoms with Crippen molar-refractivity contribution in [3.63, 3.8) is 0 Å². The Morgan fingerprint density at radius 2 is 2.09 bits per heavy atom. The predicted octanol–water partition coefficient (Wildman–Crippen LogP) is 2.30. The highest BCUT2D eigenvalue weighted by atomic mass is 32.2. The van der Waals surface area contributed by atoms with E-state index in [2.05, 4.69) is 20.7 Å². The number of alkyl halides is 4. The van der Waals surface area contributed by atoms with Gasteiger partial charge in [-0.25, -0.2) is 13.5 Å². The molecule has 2 aromatic rings. The average molecular weight is 338 g/mol. The fourth-order valence-corrected chi connectivity index (χ4v) is 2.18. The molecule has 0 aliphatic carbocycles. The molecule has 0 bridgehead atoms. The molecule has 0 fully saturated rings. The van der Waals surface area contributed by atoms with Crippen LogP contribution >= 0.6 is 11.8 Å². The highest BCUT2D eigenvalue weighted by Gasteiger charge is 2.24. The topological polar surface area (TPSA) is 77.6 Å². The molecule has 12 heteroatoms. The summed E-state index contributed by atoms with van der Waals surface area (Å²) >= 11 is 1.06. The van der Waals surface area contributed by atoms with Gasteiger partial charge in [-0.3, -0.25) is 10.2 Å². The predicted molar refractivity (Wildman–Crippen MR) is 68.5 cm³/mol. The summed E-state index contributed by atoms with van der Waals surface area (Å²) in [4.78, 5) is 12.0. The maximum absolute atomic E-state index is 12.9. The molecule has 1 N–H and O–H groups in total. The van der Waals surface area contributed by atoms with Gasteiger partial charge in [0, 0.05) is 6.20 Å². The van der Waals surface area contributed by atoms with E-state index < -0.39 is 30.4 Å². The molecule has 0 aromatic carbocycles. The third kappa shape index (κ3) is 3.21. The molecule has 0 atom stereocenters. The first kappa shape index (κ1) is 16.3. The number of rotatable bonds is 6. The Morgan fingerprint density at radius 1 is 1.36 bits per heavy atom. The molecule has 120 valence electrons. The first-order chi connectivity index (χ1) is 10.5. The standard InChI is InChI=1S/C10H10F4N6OS/c1-2-22-10-17-16-7(6(11)12)20(10)18-8(21)5-3-4-15-19(5)9(13)14/h3-4,6,9H,2H2,1H3,(H,18,21). The van der Waals surface area contributed by atoms with Gasteiger partial charge in [-0.15, -0.1) is 10.2 Å². The van der Waals surface area contributed by atoms with Crippen LogP contribution in [0.25, 0.3) is 0 Å². The van der Waals surface area contributed by atoms with Crippen LogP contribution in [-0.4, -0.2) is 36.3 Å². The molecule has 0 unspecified atom stereocenters. The maximum atomic E-state index is 12.9. The number of thioether (sulfide) groups is 1. The normalized spacial score (nSPS) is 11.4. The van der Waals surface area contributed by atoms with Gasteiger partial charge in [0.15, 0.2) is 0 Å². The van der Waals surface area contributed by atoms with Gasteiger partial charge in [0.2, 0.25) is 11.0 Å². The molecule has 0 radical (unpaired) electrons. The van der Waals surface area contributed by atoms with Gasteiger partial charge < -0.3 is 0 Å². The van der Waals surface area contributed by atoms with Gasteiger partial charge in [-0.05, 0) is 11.8 Å². The minimum atomic E-state index is -3.03. The monoisotopic (exact) mass is 338 g/mol. The van der Waals surface area contributed by atoms with E-state index in [1.165, 1.54) is 0 Å². The lowest BCUT2D eigenvalue weighted by Crippen LogP contribution is -2.28. The smallest absolute Gasteiger partial charge is 0.266 e. The highest BCUT2D eigenvalue weighted by Crippen LogP contribution is 2.22. The van der Waals surface area contributed by atoms with Crippen LogP contribution in [0.1, 0.15) is 36.2 Å². The number of hydrogen-bond donors (Lipinski definition) is 1. The molecule has 2 rings (SSSR count). The minimum Gasteiger partial charge on any atom is -0.266 e. The van der Waals surface area contributed by atoms with Gasteiger partial charge >= 0.3 is 6.55 Å². The van der Waals surface area contributed by atoms with Crippen LogP contribution < -0.4 is 5.43 Å². The van der Waals surface area contributed by atoms with Gasteiger partial charge in [0.1, 0.15) is 5.69 Å². The maximum Gasteiger partial charge on any atom is 0.333 e. The van der Waals surface area contributed by atoms with Crippen molar-refractivity contribution in [2.24, 2.45) is 0 Å². The molecular weight excluding hydrogens is 328 g/mol. The number of hydrogen-bond acceptors (Lipinski definition) is 5. The highest BCUT2D eigenvalue weighted by molar-refractivity contribution is 7.99. The summed E-state index contributed by atoms with van der Waals surface area (Å²) in [5.41, 5.74) is 1.61. The van der Waals surface area contributed by atoms with Crippen molar-refractivity contribution in [3.8, 4) is 0 Å². The van der Waals surface area contributed by atoms with E-state index in [0.717, 1.165) is 24.0 Å². The van der Waals surface area contributed by atoms with Crippen LogP contribution in [0.15, 0.2) is 17.4 Å². The summed E-state index contributed by atoms with van der Waals surface area (Å²) in [6.07, 6.45) is -1.98. The molecule has 0 spiro atoms. The SMILES string of the molecule is CCSc1nnc(C(F)F)n1NC(=O)c1ccnn1C(F)F. The van der Waals surface area contributed by atoms with Crippen molar-refractivity contribution in [2.45, 2.75) is 25.1 Å². The van der Waals surface area contributed by atoms with E-state index in [4.69, 9.17) is 0 Å². The lowest BCUT2D eigenvalue weighted by molar-refractivity contribution is 0.0517. The zero-order chi connectivity index (χ0) is 16.3. The van der Waals surface area contributed by atoms with E-state index in [0.29, 0.717) is 10.4 Å². The molecule has 7 nitrogen and oxygen atoms in total. The zero-order valence-electron chi connectivity index (χ0n) is 11.1. The lowest BCUT2D eigenvalue weighted by atomic mass is 10.4. The number of nitrogens with one attached hydrogen (secondary N) is 1. The van der Waals surface area contributed by atoms with Crippen molar-refractivity contribution in [3.05, 3.63) is 23.8 Å². The summed E-state index contributed by atoms with van der Waals surface area (Å²) in [5, 5.41) is 10.1. The largest absolute Gasteiger partial charge is 0.333 e. The van der Waals surface area contributed by atoms with Crippen molar-refractivity contribution in [1.29, 1.82) is 0 Å². The quantitative estimate of drug-likeness (QED) is 0.646. The number of aromatic nitrogens is 5. The molecule has 0 saturated carbocycles. The molecule has 0 saturated heterocycles. The second-order valence-corrected chi connectivity index (χ2v) is 5.02. The third-order valence-corrected chi connectivity index (χ3v) is 3.24. The van der Waals surface area contributed by atoms with E-state index in [-0.39, 0.29) is 9.84 Å². The fourth-order valence-electron chi connectivity index (χ4n) is 1.56. The Bertz CT molecular complexity index is 658. The second-order valence-electron chi connectivity index (χ2n) is 3.79. The number of amides is 1. The van der Waals surface area contributed by atoms with E-state index in [1.54, 1.807) is 6.92 Å². The molecule has 1 amide bonds. The Labute approximate surface area is 125 Å². The van der Waals surface area contributed by atoms with Crippen LogP contribution in [0.4, 0.5) is 17.6 Å². The Morgan fingerprint density at radius 3 is 2.68 bits per heavy atom. The molecule has 2 heterocycles. The third-order valence-electron chi connectivity index (χ3n) is 2.43. The molecule has 0 aliphatic rings. The Hall–Kier alpha value is -2.11. The van der Waals surface area contributed by atoms with Gasteiger partial charge in [-0.2, -0.15) is 18.6 Å². The van der Waals surface area contributed by atoms with Gasteiger partial charge in [0.05, 0.1) is 0 Å². The van der Waals surface area contributed by atoms with Gasteiger partial charge in [0.25, 0.3) is 12.3 Å². The molecule has 2 aromatic heterocycles. The zero-order valence-corrected chi connectivity index (χ0v) is 11.9. The van der Waals surface area contributed by atoms with Crippen LogP contribution in [0.5, 0.6) is 0 Å². The van der Waals surface area contributed by atoms with Crippen molar-refractivity contribution in [2.75, 3.05) is 11.2 Å². The molecule has 22 heavy (non-hydrogen) atoms. The number of carbonyl (C=O) groups excluding carboxylic acids is 1. The van der Waals surface area contributed by atoms with E-state index >= 15 is 0 Å². The molecule has 0 aliphatic heterocycles. The van der Waals surface area contributed by atoms with Crippen LogP contribution in [0.2, 0.25) is 0 Å².